The molecule has 0 unspecified atom stereocenters. The summed E-state index contributed by atoms with van der Waals surface area (Å²) in [5.41, 5.74) is 7.12. The van der Waals surface area contributed by atoms with E-state index in [1.54, 1.807) is 12.1 Å². The Morgan fingerprint density at radius 3 is 2.32 bits per heavy atom. The number of carboxylic acids is 1. The fourth-order valence-corrected chi connectivity index (χ4v) is 3.75. The molecule has 0 radical (unpaired) electrons. The van der Waals surface area contributed by atoms with Crippen LogP contribution in [0.3, 0.4) is 0 Å². The van der Waals surface area contributed by atoms with Gasteiger partial charge in [0.1, 0.15) is 0 Å². The maximum Gasteiger partial charge on any atom is 0.300 e. The van der Waals surface area contributed by atoms with Crippen molar-refractivity contribution < 1.29 is 27.9 Å². The Balaban J connectivity index is 0.000000892. The summed E-state index contributed by atoms with van der Waals surface area (Å²) in [5.74, 6) is -1.35. The highest BCUT2D eigenvalue weighted by atomic mass is 32.2. The van der Waals surface area contributed by atoms with Gasteiger partial charge in [0.2, 0.25) is 10.0 Å². The summed E-state index contributed by atoms with van der Waals surface area (Å²) >= 11 is 0. The zero-order valence-electron chi connectivity index (χ0n) is 16.4. The van der Waals surface area contributed by atoms with Crippen LogP contribution in [0.15, 0.2) is 24.3 Å². The molecule has 9 nitrogen and oxygen atoms in total. The van der Waals surface area contributed by atoms with Crippen LogP contribution in [0.4, 0.5) is 0 Å². The Bertz CT molecular complexity index is 745. The number of ether oxygens (including phenoxy) is 1. The molecule has 28 heavy (non-hydrogen) atoms. The SMILES string of the molecule is CC(=O)O.CN(C)S(=O)(=O)C[C@@H]1COC[C@@H]1NC(=O)c1ccc(CCN)cc1. The molecule has 0 saturated carbocycles. The molecule has 1 aliphatic rings. The van der Waals surface area contributed by atoms with Crippen molar-refractivity contribution in [3.63, 3.8) is 0 Å². The Labute approximate surface area is 165 Å². The van der Waals surface area contributed by atoms with Gasteiger partial charge in [-0.25, -0.2) is 12.7 Å². The minimum atomic E-state index is -3.34. The van der Waals surface area contributed by atoms with Gasteiger partial charge in [-0.1, -0.05) is 12.1 Å². The molecule has 0 aliphatic carbocycles. The number of nitrogens with one attached hydrogen (secondary N) is 1. The molecule has 0 bridgehead atoms. The van der Waals surface area contributed by atoms with E-state index in [0.29, 0.717) is 25.3 Å². The Hall–Kier alpha value is -2.01. The van der Waals surface area contributed by atoms with Crippen LogP contribution in [0.1, 0.15) is 22.8 Å². The van der Waals surface area contributed by atoms with Gasteiger partial charge in [-0.15, -0.1) is 0 Å². The number of nitrogens with two attached hydrogens (primary N) is 1. The number of hydrogen-bond donors (Lipinski definition) is 3. The minimum Gasteiger partial charge on any atom is -0.481 e. The van der Waals surface area contributed by atoms with Crippen LogP contribution in [0, 0.1) is 5.92 Å². The normalized spacial score (nSPS) is 19.0. The summed E-state index contributed by atoms with van der Waals surface area (Å²) < 4.78 is 30.6. The molecule has 158 valence electrons. The molecule has 4 N–H and O–H groups in total. The second-order valence-electron chi connectivity index (χ2n) is 6.69. The van der Waals surface area contributed by atoms with E-state index in [1.807, 2.05) is 12.1 Å². The van der Waals surface area contributed by atoms with Crippen molar-refractivity contribution >= 4 is 21.9 Å². The number of rotatable bonds is 7. The largest absolute Gasteiger partial charge is 0.481 e. The lowest BCUT2D eigenvalue weighted by atomic mass is 10.0. The summed E-state index contributed by atoms with van der Waals surface area (Å²) in [4.78, 5) is 21.4. The molecule has 2 rings (SSSR count). The first-order valence-electron chi connectivity index (χ1n) is 8.84. The highest BCUT2D eigenvalue weighted by Crippen LogP contribution is 2.18. The molecule has 1 aliphatic heterocycles. The van der Waals surface area contributed by atoms with Gasteiger partial charge in [-0.3, -0.25) is 9.59 Å². The first-order valence-corrected chi connectivity index (χ1v) is 10.4. The van der Waals surface area contributed by atoms with E-state index in [9.17, 15) is 13.2 Å². The number of aliphatic carboxylic acids is 1. The average molecular weight is 416 g/mol. The number of hydrogen-bond acceptors (Lipinski definition) is 6. The van der Waals surface area contributed by atoms with Crippen molar-refractivity contribution in [2.45, 2.75) is 19.4 Å². The average Bonchev–Trinajstić information content (AvgIpc) is 3.01. The lowest BCUT2D eigenvalue weighted by molar-refractivity contribution is -0.134. The molecule has 1 aromatic rings. The maximum atomic E-state index is 12.4. The molecule has 2 atom stereocenters. The number of benzene rings is 1. The molecule has 0 aromatic heterocycles. The van der Waals surface area contributed by atoms with Crippen LogP contribution in [0.2, 0.25) is 0 Å². The molecule has 1 fully saturated rings. The third kappa shape index (κ3) is 7.93. The molecular weight excluding hydrogens is 386 g/mol. The Morgan fingerprint density at radius 1 is 1.25 bits per heavy atom. The van der Waals surface area contributed by atoms with Crippen LogP contribution in [0.5, 0.6) is 0 Å². The van der Waals surface area contributed by atoms with Gasteiger partial charge in [0.25, 0.3) is 11.9 Å². The maximum absolute atomic E-state index is 12.4. The zero-order valence-corrected chi connectivity index (χ0v) is 17.2. The summed E-state index contributed by atoms with van der Waals surface area (Å²) in [5, 5.41) is 10.3. The fourth-order valence-electron chi connectivity index (χ4n) is 2.58. The fraction of sp³-hybridized carbons (Fsp3) is 0.556. The minimum absolute atomic E-state index is 0.0413. The van der Waals surface area contributed by atoms with E-state index in [-0.39, 0.29) is 23.6 Å². The topological polar surface area (TPSA) is 139 Å². The monoisotopic (exact) mass is 415 g/mol. The van der Waals surface area contributed by atoms with Crippen molar-refractivity contribution in [3.8, 4) is 0 Å². The molecule has 1 amide bonds. The van der Waals surface area contributed by atoms with Gasteiger partial charge in [0.05, 0.1) is 25.0 Å². The first-order chi connectivity index (χ1) is 13.1. The van der Waals surface area contributed by atoms with Crippen LogP contribution in [0.25, 0.3) is 0 Å². The Kier molecular flexibility index (Phi) is 9.53. The predicted octanol–water partition coefficient (Wildman–Crippen LogP) is -0.0851. The molecule has 1 aromatic carbocycles. The second-order valence-corrected chi connectivity index (χ2v) is 8.92. The smallest absolute Gasteiger partial charge is 0.300 e. The number of nitrogens with zero attached hydrogens (tertiary/aromatic N) is 1. The van der Waals surface area contributed by atoms with Crippen molar-refractivity contribution in [3.05, 3.63) is 35.4 Å². The molecule has 0 spiro atoms. The van der Waals surface area contributed by atoms with E-state index in [0.717, 1.165) is 18.9 Å². The van der Waals surface area contributed by atoms with Crippen LogP contribution < -0.4 is 11.1 Å². The quantitative estimate of drug-likeness (QED) is 0.566. The van der Waals surface area contributed by atoms with E-state index in [2.05, 4.69) is 5.32 Å². The third-order valence-corrected chi connectivity index (χ3v) is 6.11. The van der Waals surface area contributed by atoms with Gasteiger partial charge in [-0.05, 0) is 30.7 Å². The Morgan fingerprint density at radius 2 is 1.82 bits per heavy atom. The van der Waals surface area contributed by atoms with Crippen molar-refractivity contribution in [1.82, 2.24) is 9.62 Å². The molecule has 1 saturated heterocycles. The van der Waals surface area contributed by atoms with E-state index >= 15 is 0 Å². The third-order valence-electron chi connectivity index (χ3n) is 4.15. The van der Waals surface area contributed by atoms with Crippen molar-refractivity contribution in [2.24, 2.45) is 11.7 Å². The van der Waals surface area contributed by atoms with Gasteiger partial charge in [0.15, 0.2) is 0 Å². The molecule has 1 heterocycles. The number of carboxylic acid groups (broad SMARTS) is 1. The predicted molar refractivity (Wildman–Crippen MR) is 106 cm³/mol. The van der Waals surface area contributed by atoms with Crippen LogP contribution >= 0.6 is 0 Å². The second kappa shape index (κ2) is 11.1. The van der Waals surface area contributed by atoms with Gasteiger partial charge >= 0.3 is 0 Å². The van der Waals surface area contributed by atoms with Crippen LogP contribution in [-0.2, 0) is 26.0 Å². The van der Waals surface area contributed by atoms with Crippen molar-refractivity contribution in [1.29, 1.82) is 0 Å². The molecular formula is C18H29N3O6S. The van der Waals surface area contributed by atoms with Gasteiger partial charge < -0.3 is 20.9 Å². The number of sulfonamides is 1. The lowest BCUT2D eigenvalue weighted by Gasteiger charge is -2.21. The summed E-state index contributed by atoms with van der Waals surface area (Å²) in [7, 11) is -0.333. The first kappa shape index (κ1) is 24.0. The van der Waals surface area contributed by atoms with E-state index in [1.165, 1.54) is 18.4 Å². The number of carbonyl (C=O) groups is 2. The van der Waals surface area contributed by atoms with Gasteiger partial charge in [0, 0.05) is 32.5 Å². The van der Waals surface area contributed by atoms with E-state index < -0.39 is 16.0 Å². The lowest BCUT2D eigenvalue weighted by Crippen LogP contribution is -2.43. The summed E-state index contributed by atoms with van der Waals surface area (Å²) in [6.07, 6.45) is 0.767. The van der Waals surface area contributed by atoms with E-state index in [4.69, 9.17) is 20.4 Å². The zero-order chi connectivity index (χ0) is 21.3. The molecule has 10 heteroatoms. The van der Waals surface area contributed by atoms with Crippen LogP contribution in [-0.4, -0.2) is 75.4 Å². The highest BCUT2D eigenvalue weighted by Gasteiger charge is 2.34. The standard InChI is InChI=1S/C16H25N3O4S.C2H4O2/c1-19(2)24(21,22)11-14-9-23-10-15(14)18-16(20)13-5-3-12(4-6-13)7-8-17;1-2(3)4/h3-6,14-15H,7-11,17H2,1-2H3,(H,18,20);1H3,(H,3,4)/t14-,15-;/m0./s1. The number of amides is 1. The summed E-state index contributed by atoms with van der Waals surface area (Å²) in [6, 6.07) is 6.95. The highest BCUT2D eigenvalue weighted by molar-refractivity contribution is 7.89. The van der Waals surface area contributed by atoms with Gasteiger partial charge in [-0.2, -0.15) is 0 Å². The summed E-state index contributed by atoms with van der Waals surface area (Å²) in [6.45, 7) is 2.30. The van der Waals surface area contributed by atoms with Crippen molar-refractivity contribution in [2.75, 3.05) is 39.6 Å². The number of carbonyl (C=O) groups excluding carboxylic acids is 1.